The van der Waals surface area contributed by atoms with Crippen molar-refractivity contribution in [2.75, 3.05) is 13.2 Å². The van der Waals surface area contributed by atoms with Crippen molar-refractivity contribution in [2.45, 2.75) is 37.5 Å². The molecule has 6 rings (SSSR count). The van der Waals surface area contributed by atoms with Gasteiger partial charge in [-0.05, 0) is 62.4 Å². The quantitative estimate of drug-likeness (QED) is 0.0982. The first-order chi connectivity index (χ1) is 24.9. The van der Waals surface area contributed by atoms with Crippen molar-refractivity contribution in [3.05, 3.63) is 161 Å². The van der Waals surface area contributed by atoms with Gasteiger partial charge in [-0.2, -0.15) is 0 Å². The second kappa shape index (κ2) is 18.3. The number of rotatable bonds is 8. The first-order valence-corrected chi connectivity index (χ1v) is 15.7. The molecule has 15 nitrogen and oxygen atoms in total. The molecule has 0 bridgehead atoms. The van der Waals surface area contributed by atoms with Crippen LogP contribution in [0.1, 0.15) is 44.3 Å². The fourth-order valence-corrected chi connectivity index (χ4v) is 4.99. The van der Waals surface area contributed by atoms with Gasteiger partial charge in [0.25, 0.3) is 11.1 Å². The van der Waals surface area contributed by atoms with E-state index in [0.29, 0.717) is 22.3 Å². The van der Waals surface area contributed by atoms with E-state index in [4.69, 9.17) is 31.8 Å². The van der Waals surface area contributed by atoms with E-state index in [1.807, 2.05) is 0 Å². The van der Waals surface area contributed by atoms with Crippen molar-refractivity contribution >= 4 is 11.9 Å². The number of nitrogens with one attached hydrogen (secondary N) is 2. The van der Waals surface area contributed by atoms with Crippen LogP contribution in [0, 0.1) is 38.5 Å². The molecule has 272 valence electrons. The molecule has 4 atom stereocenters. The molecule has 3 N–H and O–H groups in total. The number of ether oxygens (including phenoxy) is 4. The van der Waals surface area contributed by atoms with Crippen LogP contribution in [0.15, 0.2) is 117 Å². The third-order valence-corrected chi connectivity index (χ3v) is 7.91. The Balaban J connectivity index is 0.000000280. The van der Waals surface area contributed by atoms with Crippen molar-refractivity contribution in [3.63, 3.8) is 0 Å². The number of aromatic nitrogens is 4. The van der Waals surface area contributed by atoms with Crippen molar-refractivity contribution in [2.24, 2.45) is 0 Å². The zero-order valence-electron chi connectivity index (χ0n) is 29.4. The van der Waals surface area contributed by atoms with Crippen molar-refractivity contribution in [1.29, 1.82) is 0 Å². The van der Waals surface area contributed by atoms with Gasteiger partial charge in [-0.25, -0.2) is 19.2 Å². The molecule has 0 spiro atoms. The fourth-order valence-electron chi connectivity index (χ4n) is 4.99. The fraction of sp³-hybridized carbons (Fsp3) is 0.211. The van der Waals surface area contributed by atoms with E-state index in [1.165, 1.54) is 21.5 Å². The number of hydrogen-bond donors (Lipinski definition) is 2. The van der Waals surface area contributed by atoms with Crippen LogP contribution in [0.3, 0.4) is 0 Å². The SMILES string of the molecule is C#C[C@@]1(COC(=O)c2ccccc2)C=C[C@H](n2cc(C)c(=O)[nH]c2=O)O1.C#C[C@@]1(COC(=O)c2ccccc2)C=C[C@H](n2cc(C)c(=O)[nH]c2=O)O1.[Na+].[OH-]. The van der Waals surface area contributed by atoms with E-state index < -0.39 is 58.1 Å². The van der Waals surface area contributed by atoms with Crippen LogP contribution in [0.4, 0.5) is 0 Å². The third kappa shape index (κ3) is 9.80. The van der Waals surface area contributed by atoms with Gasteiger partial charge in [-0.3, -0.25) is 28.7 Å². The van der Waals surface area contributed by atoms with Crippen LogP contribution in [0.2, 0.25) is 0 Å². The van der Waals surface area contributed by atoms with Crippen molar-refractivity contribution in [1.82, 2.24) is 19.1 Å². The standard InChI is InChI=1S/2C19H16N2O5.Na.H2O/c2*1-3-19(12-25-17(23)14-7-5-4-6-8-14)10-9-15(26-19)21-11-13(2)16(22)20-18(21)24;;/h2*1,4-11,15H,12H2,2H3,(H,20,22,24);;1H2/q;;+1;/p-1/t2*15-,19+;;/m11../s1. The molecule has 2 aromatic heterocycles. The van der Waals surface area contributed by atoms with Crippen LogP contribution in [-0.4, -0.2) is 60.9 Å². The molecule has 0 aliphatic carbocycles. The number of aryl methyl sites for hydroxylation is 2. The largest absolute Gasteiger partial charge is 1.00 e. The van der Waals surface area contributed by atoms with Gasteiger partial charge < -0.3 is 24.4 Å². The zero-order chi connectivity index (χ0) is 37.5. The molecule has 2 aliphatic heterocycles. The van der Waals surface area contributed by atoms with Gasteiger partial charge in [0.15, 0.2) is 23.7 Å². The summed E-state index contributed by atoms with van der Waals surface area (Å²) >= 11 is 0. The van der Waals surface area contributed by atoms with Gasteiger partial charge in [0.2, 0.25) is 0 Å². The van der Waals surface area contributed by atoms with Crippen molar-refractivity contribution in [3.8, 4) is 24.7 Å². The van der Waals surface area contributed by atoms with Crippen LogP contribution >= 0.6 is 0 Å². The maximum absolute atomic E-state index is 12.1. The average Bonchev–Trinajstić information content (AvgIpc) is 3.79. The van der Waals surface area contributed by atoms with Crippen LogP contribution in [0.25, 0.3) is 0 Å². The normalized spacial score (nSPS) is 20.5. The number of carbonyl (C=O) groups excluding carboxylic acids is 2. The maximum Gasteiger partial charge on any atom is 1.00 e. The molecule has 4 aromatic rings. The smallest absolute Gasteiger partial charge is 0.870 e. The number of terminal acetylenes is 2. The first kappa shape index (κ1) is 42.6. The summed E-state index contributed by atoms with van der Waals surface area (Å²) in [5.41, 5.74) is -3.26. The van der Waals surface area contributed by atoms with Crippen LogP contribution in [0.5, 0.6) is 0 Å². The zero-order valence-corrected chi connectivity index (χ0v) is 31.4. The van der Waals surface area contributed by atoms with Crippen LogP contribution in [-0.2, 0) is 18.9 Å². The number of H-pyrrole nitrogens is 2. The summed E-state index contributed by atoms with van der Waals surface area (Å²) in [5, 5.41) is 0. The van der Waals surface area contributed by atoms with E-state index >= 15 is 0 Å². The summed E-state index contributed by atoms with van der Waals surface area (Å²) in [6, 6.07) is 17.0. The number of esters is 2. The minimum atomic E-state index is -1.29. The molecule has 0 saturated carbocycles. The Morgan fingerprint density at radius 1 is 0.704 bits per heavy atom. The summed E-state index contributed by atoms with van der Waals surface area (Å²) < 4.78 is 24.5. The Labute approximate surface area is 329 Å². The Morgan fingerprint density at radius 2 is 1.06 bits per heavy atom. The van der Waals surface area contributed by atoms with Gasteiger partial charge in [-0.15, -0.1) is 12.8 Å². The molecule has 0 fully saturated rings. The summed E-state index contributed by atoms with van der Waals surface area (Å²) in [5.74, 6) is 3.85. The monoisotopic (exact) mass is 744 g/mol. The van der Waals surface area contributed by atoms with Crippen LogP contribution < -0.4 is 52.1 Å². The van der Waals surface area contributed by atoms with Gasteiger partial charge in [0, 0.05) is 23.5 Å². The van der Waals surface area contributed by atoms with Gasteiger partial charge in [-0.1, -0.05) is 48.2 Å². The first-order valence-electron chi connectivity index (χ1n) is 15.7. The van der Waals surface area contributed by atoms with E-state index in [1.54, 1.807) is 98.8 Å². The molecule has 0 unspecified atom stereocenters. The Hall–Kier alpha value is -5.78. The number of hydrogen-bond acceptors (Lipinski definition) is 11. The molecule has 0 saturated heterocycles. The molecular formula is C38H33N4NaO11. The summed E-state index contributed by atoms with van der Waals surface area (Å²) in [6.07, 6.45) is 18.5. The predicted octanol–water partition coefficient (Wildman–Crippen LogP) is -0.855. The van der Waals surface area contributed by atoms with Gasteiger partial charge in [0.1, 0.15) is 13.2 Å². The summed E-state index contributed by atoms with van der Waals surface area (Å²) in [6.45, 7) is 2.73. The van der Waals surface area contributed by atoms with Gasteiger partial charge in [0.05, 0.1) is 11.1 Å². The third-order valence-electron chi connectivity index (χ3n) is 7.91. The molecular weight excluding hydrogens is 711 g/mol. The molecule has 54 heavy (non-hydrogen) atoms. The van der Waals surface area contributed by atoms with E-state index in [9.17, 15) is 28.8 Å². The molecule has 16 heteroatoms. The van der Waals surface area contributed by atoms with E-state index in [0.717, 1.165) is 0 Å². The molecule has 2 aromatic carbocycles. The predicted molar refractivity (Wildman–Crippen MR) is 189 cm³/mol. The molecule has 4 heterocycles. The average molecular weight is 745 g/mol. The van der Waals surface area contributed by atoms with E-state index in [2.05, 4.69) is 21.8 Å². The second-order valence-corrected chi connectivity index (χ2v) is 11.6. The summed E-state index contributed by atoms with van der Waals surface area (Å²) in [4.78, 5) is 75.5. The topological polar surface area (TPSA) is 211 Å². The molecule has 0 amide bonds. The number of carbonyl (C=O) groups is 2. The Bertz CT molecular complexity index is 2200. The minimum Gasteiger partial charge on any atom is -0.870 e. The Morgan fingerprint density at radius 3 is 1.39 bits per heavy atom. The van der Waals surface area contributed by atoms with E-state index in [-0.39, 0.29) is 48.2 Å². The molecule has 0 radical (unpaired) electrons. The summed E-state index contributed by atoms with van der Waals surface area (Å²) in [7, 11) is 0. The Kier molecular flexibility index (Phi) is 14.5. The maximum atomic E-state index is 12.1. The molecule has 2 aliphatic rings. The number of benzene rings is 2. The number of aromatic amines is 2. The minimum absolute atomic E-state index is 0. The number of nitrogens with zero attached hydrogens (tertiary/aromatic N) is 2. The van der Waals surface area contributed by atoms with Gasteiger partial charge >= 0.3 is 52.9 Å². The van der Waals surface area contributed by atoms with Crippen molar-refractivity contribution < 1.29 is 63.6 Å². The second-order valence-electron chi connectivity index (χ2n) is 11.6.